The fraction of sp³-hybridized carbons (Fsp3) is 0.385. The van der Waals surface area contributed by atoms with Gasteiger partial charge in [-0.2, -0.15) is 0 Å². The predicted octanol–water partition coefficient (Wildman–Crippen LogP) is 2.47. The molecule has 2 aromatic heterocycles. The van der Waals surface area contributed by atoms with Gasteiger partial charge in [0.2, 0.25) is 0 Å². The maximum absolute atomic E-state index is 12.1. The zero-order valence-corrected chi connectivity index (χ0v) is 14.4. The van der Waals surface area contributed by atoms with E-state index in [1.165, 1.54) is 0 Å². The van der Waals surface area contributed by atoms with Crippen LogP contribution in [0.15, 0.2) is 17.6 Å². The lowest BCUT2D eigenvalue weighted by molar-refractivity contribution is 0.0953. The van der Waals surface area contributed by atoms with Crippen molar-refractivity contribution in [2.45, 2.75) is 20.3 Å². The first-order valence-corrected chi connectivity index (χ1v) is 7.10. The summed E-state index contributed by atoms with van der Waals surface area (Å²) in [5.74, 6) is -0.0515. The Morgan fingerprint density at radius 3 is 2.71 bits per heavy atom. The SMILES string of the molecule is Cc1cc(C(=O)NCCCN)c(C)n1-c1nccs1.Cl.Cl. The third-order valence-electron chi connectivity index (χ3n) is 2.95. The molecule has 21 heavy (non-hydrogen) atoms. The van der Waals surface area contributed by atoms with Gasteiger partial charge >= 0.3 is 0 Å². The van der Waals surface area contributed by atoms with Crippen LogP contribution in [0.5, 0.6) is 0 Å². The third-order valence-corrected chi connectivity index (χ3v) is 3.71. The molecule has 0 fully saturated rings. The Morgan fingerprint density at radius 2 is 2.14 bits per heavy atom. The van der Waals surface area contributed by atoms with Crippen molar-refractivity contribution in [3.05, 3.63) is 34.6 Å². The highest BCUT2D eigenvalue weighted by Crippen LogP contribution is 2.22. The van der Waals surface area contributed by atoms with Crippen LogP contribution in [0.25, 0.3) is 5.13 Å². The molecule has 0 aromatic carbocycles. The molecule has 2 aromatic rings. The first-order chi connectivity index (χ1) is 9.15. The minimum atomic E-state index is -0.0515. The highest BCUT2D eigenvalue weighted by atomic mass is 35.5. The summed E-state index contributed by atoms with van der Waals surface area (Å²) >= 11 is 1.55. The fourth-order valence-corrected chi connectivity index (χ4v) is 2.76. The molecule has 5 nitrogen and oxygen atoms in total. The number of hydrogen-bond acceptors (Lipinski definition) is 4. The van der Waals surface area contributed by atoms with Gasteiger partial charge in [0.05, 0.1) is 5.56 Å². The molecule has 0 aliphatic rings. The van der Waals surface area contributed by atoms with Crippen LogP contribution in [-0.2, 0) is 0 Å². The van der Waals surface area contributed by atoms with Crippen LogP contribution in [-0.4, -0.2) is 28.5 Å². The molecule has 0 spiro atoms. The largest absolute Gasteiger partial charge is 0.352 e. The number of carbonyl (C=O) groups excluding carboxylic acids is 1. The van der Waals surface area contributed by atoms with Gasteiger partial charge in [-0.1, -0.05) is 0 Å². The number of thiazole rings is 1. The number of aromatic nitrogens is 2. The van der Waals surface area contributed by atoms with E-state index >= 15 is 0 Å². The lowest BCUT2D eigenvalue weighted by atomic mass is 10.2. The molecule has 0 unspecified atom stereocenters. The Balaban J connectivity index is 0.00000200. The van der Waals surface area contributed by atoms with E-state index in [1.807, 2.05) is 29.9 Å². The van der Waals surface area contributed by atoms with Crippen LogP contribution in [0, 0.1) is 13.8 Å². The van der Waals surface area contributed by atoms with Gasteiger partial charge in [0.1, 0.15) is 0 Å². The summed E-state index contributed by atoms with van der Waals surface area (Å²) in [7, 11) is 0. The molecule has 118 valence electrons. The molecule has 0 saturated heterocycles. The quantitative estimate of drug-likeness (QED) is 0.813. The van der Waals surface area contributed by atoms with Crippen molar-refractivity contribution in [2.24, 2.45) is 5.73 Å². The maximum Gasteiger partial charge on any atom is 0.253 e. The van der Waals surface area contributed by atoms with Crippen molar-refractivity contribution < 1.29 is 4.79 Å². The number of hydrogen-bond donors (Lipinski definition) is 2. The van der Waals surface area contributed by atoms with E-state index in [-0.39, 0.29) is 30.7 Å². The van der Waals surface area contributed by atoms with Crippen molar-refractivity contribution >= 4 is 42.1 Å². The van der Waals surface area contributed by atoms with Crippen LogP contribution >= 0.6 is 36.2 Å². The molecule has 2 rings (SSSR count). The van der Waals surface area contributed by atoms with E-state index in [9.17, 15) is 4.79 Å². The average molecular weight is 351 g/mol. The highest BCUT2D eigenvalue weighted by molar-refractivity contribution is 7.12. The Kier molecular flexibility index (Phi) is 8.58. The monoisotopic (exact) mass is 350 g/mol. The van der Waals surface area contributed by atoms with E-state index < -0.39 is 0 Å². The van der Waals surface area contributed by atoms with Gasteiger partial charge in [0.25, 0.3) is 5.91 Å². The molecule has 8 heteroatoms. The molecule has 0 atom stereocenters. The maximum atomic E-state index is 12.1. The molecule has 3 N–H and O–H groups in total. The van der Waals surface area contributed by atoms with E-state index in [4.69, 9.17) is 5.73 Å². The van der Waals surface area contributed by atoms with Crippen LogP contribution in [0.1, 0.15) is 28.2 Å². The third kappa shape index (κ3) is 4.44. The first-order valence-electron chi connectivity index (χ1n) is 6.22. The lowest BCUT2D eigenvalue weighted by Crippen LogP contribution is -2.26. The summed E-state index contributed by atoms with van der Waals surface area (Å²) in [4.78, 5) is 16.4. The Hall–Kier alpha value is -1.08. The van der Waals surface area contributed by atoms with Gasteiger partial charge in [-0.05, 0) is 32.9 Å². The first kappa shape index (κ1) is 19.9. The second kappa shape index (κ2) is 9.04. The van der Waals surface area contributed by atoms with Crippen LogP contribution in [0.4, 0.5) is 0 Å². The van der Waals surface area contributed by atoms with Crippen molar-refractivity contribution in [2.75, 3.05) is 13.1 Å². The highest BCUT2D eigenvalue weighted by Gasteiger charge is 2.17. The number of carbonyl (C=O) groups is 1. The molecule has 1 amide bonds. The standard InChI is InChI=1S/C13H18N4OS.2ClH/c1-9-8-11(12(18)15-5-3-4-14)10(2)17(9)13-16-6-7-19-13;;/h6-8H,3-5,14H2,1-2H3,(H,15,18);2*1H. The van der Waals surface area contributed by atoms with Crippen LogP contribution < -0.4 is 11.1 Å². The smallest absolute Gasteiger partial charge is 0.253 e. The summed E-state index contributed by atoms with van der Waals surface area (Å²) in [5, 5.41) is 5.69. The summed E-state index contributed by atoms with van der Waals surface area (Å²) in [6.07, 6.45) is 2.55. The predicted molar refractivity (Wildman–Crippen MR) is 91.4 cm³/mol. The van der Waals surface area contributed by atoms with Gasteiger partial charge in [-0.3, -0.25) is 9.36 Å². The van der Waals surface area contributed by atoms with E-state index in [1.54, 1.807) is 17.5 Å². The van der Waals surface area contributed by atoms with Crippen molar-refractivity contribution in [3.8, 4) is 5.13 Å². The number of halogens is 2. The number of nitrogens with two attached hydrogens (primary N) is 1. The number of rotatable bonds is 5. The van der Waals surface area contributed by atoms with Crippen molar-refractivity contribution in [1.82, 2.24) is 14.9 Å². The molecule has 0 aliphatic carbocycles. The second-order valence-electron chi connectivity index (χ2n) is 4.33. The zero-order valence-electron chi connectivity index (χ0n) is 12.0. The minimum Gasteiger partial charge on any atom is -0.352 e. The molecule has 0 radical (unpaired) electrons. The molecule has 0 saturated carbocycles. The molecule has 0 bridgehead atoms. The van der Waals surface area contributed by atoms with Gasteiger partial charge in [0, 0.05) is 29.5 Å². The molecule has 2 heterocycles. The lowest BCUT2D eigenvalue weighted by Gasteiger charge is -2.06. The van der Waals surface area contributed by atoms with E-state index in [2.05, 4.69) is 10.3 Å². The van der Waals surface area contributed by atoms with E-state index in [0.717, 1.165) is 22.9 Å². The Morgan fingerprint density at radius 1 is 1.43 bits per heavy atom. The summed E-state index contributed by atoms with van der Waals surface area (Å²) in [6, 6.07) is 1.90. The fourth-order valence-electron chi connectivity index (χ4n) is 2.01. The van der Waals surface area contributed by atoms with Gasteiger partial charge in [0.15, 0.2) is 5.13 Å². The normalized spacial score (nSPS) is 9.67. The minimum absolute atomic E-state index is 0. The zero-order chi connectivity index (χ0) is 13.8. The van der Waals surface area contributed by atoms with Crippen molar-refractivity contribution in [1.29, 1.82) is 0 Å². The second-order valence-corrected chi connectivity index (χ2v) is 5.21. The molecule has 0 aliphatic heterocycles. The number of nitrogens with one attached hydrogen (secondary N) is 1. The van der Waals surface area contributed by atoms with E-state index in [0.29, 0.717) is 18.7 Å². The van der Waals surface area contributed by atoms with Gasteiger partial charge in [-0.25, -0.2) is 4.98 Å². The molecular weight excluding hydrogens is 331 g/mol. The average Bonchev–Trinajstić information content (AvgIpc) is 2.98. The number of nitrogens with zero attached hydrogens (tertiary/aromatic N) is 2. The number of amides is 1. The Bertz CT molecular complexity index is 569. The topological polar surface area (TPSA) is 72.9 Å². The van der Waals surface area contributed by atoms with Gasteiger partial charge < -0.3 is 11.1 Å². The van der Waals surface area contributed by atoms with Crippen LogP contribution in [0.2, 0.25) is 0 Å². The van der Waals surface area contributed by atoms with Crippen molar-refractivity contribution in [3.63, 3.8) is 0 Å². The summed E-state index contributed by atoms with van der Waals surface area (Å²) in [5.41, 5.74) is 8.04. The van der Waals surface area contributed by atoms with Crippen LogP contribution in [0.3, 0.4) is 0 Å². The Labute approximate surface area is 140 Å². The number of aryl methyl sites for hydroxylation is 1. The summed E-state index contributed by atoms with van der Waals surface area (Å²) in [6.45, 7) is 5.10. The molecular formula is C13H20Cl2N4OS. The summed E-state index contributed by atoms with van der Waals surface area (Å²) < 4.78 is 2.00. The van der Waals surface area contributed by atoms with Gasteiger partial charge in [-0.15, -0.1) is 36.2 Å².